The van der Waals surface area contributed by atoms with E-state index < -0.39 is 23.6 Å². The second kappa shape index (κ2) is 6.69. The standard InChI is InChI=1S/C16H14F3N3O2/c1-9(10-3-2-4-12(5-10)16(17,18)19)11-7-21-14(22-8-11)13(6-20)15(23)24/h2-9H,20H2,1H3,(H,23,24)/b13-6+. The summed E-state index contributed by atoms with van der Waals surface area (Å²) in [6.07, 6.45) is -0.786. The Balaban J connectivity index is 2.31. The summed E-state index contributed by atoms with van der Waals surface area (Å²) in [5.74, 6) is -1.72. The van der Waals surface area contributed by atoms with Crippen molar-refractivity contribution < 1.29 is 23.1 Å². The SMILES string of the molecule is CC(c1cnc(/C(=C\N)C(=O)O)nc1)c1cccc(C(F)(F)F)c1. The van der Waals surface area contributed by atoms with Crippen LogP contribution in [-0.2, 0) is 11.0 Å². The Kier molecular flexibility index (Phi) is 4.87. The molecule has 0 spiro atoms. The van der Waals surface area contributed by atoms with E-state index in [0.717, 1.165) is 18.3 Å². The van der Waals surface area contributed by atoms with Crippen molar-refractivity contribution in [1.29, 1.82) is 0 Å². The molecule has 0 aliphatic rings. The average molecular weight is 337 g/mol. The van der Waals surface area contributed by atoms with Gasteiger partial charge >= 0.3 is 12.1 Å². The predicted molar refractivity (Wildman–Crippen MR) is 80.8 cm³/mol. The Hall–Kier alpha value is -2.90. The number of halogens is 3. The fourth-order valence-electron chi connectivity index (χ4n) is 2.12. The number of carboxylic acid groups (broad SMARTS) is 1. The van der Waals surface area contributed by atoms with Crippen LogP contribution in [0, 0.1) is 0 Å². The van der Waals surface area contributed by atoms with Gasteiger partial charge in [-0.05, 0) is 17.2 Å². The third-order valence-electron chi connectivity index (χ3n) is 3.52. The van der Waals surface area contributed by atoms with Crippen molar-refractivity contribution in [2.24, 2.45) is 5.73 Å². The molecule has 0 amide bonds. The van der Waals surface area contributed by atoms with E-state index in [9.17, 15) is 18.0 Å². The van der Waals surface area contributed by atoms with Crippen LogP contribution in [0.4, 0.5) is 13.2 Å². The molecule has 0 fully saturated rings. The van der Waals surface area contributed by atoms with Gasteiger partial charge in [-0.15, -0.1) is 0 Å². The number of nitrogens with zero attached hydrogens (tertiary/aromatic N) is 2. The second-order valence-electron chi connectivity index (χ2n) is 5.07. The first-order valence-electron chi connectivity index (χ1n) is 6.88. The normalized spacial score (nSPS) is 13.6. The smallest absolute Gasteiger partial charge is 0.416 e. The highest BCUT2D eigenvalue weighted by Gasteiger charge is 2.30. The number of rotatable bonds is 4. The van der Waals surface area contributed by atoms with Gasteiger partial charge in [0.1, 0.15) is 5.57 Å². The molecule has 2 aromatic rings. The molecule has 1 unspecified atom stereocenters. The van der Waals surface area contributed by atoms with Crippen LogP contribution in [0.2, 0.25) is 0 Å². The number of aromatic nitrogens is 2. The number of nitrogens with two attached hydrogens (primary N) is 1. The van der Waals surface area contributed by atoms with E-state index in [1.165, 1.54) is 18.5 Å². The van der Waals surface area contributed by atoms with Crippen LogP contribution >= 0.6 is 0 Å². The van der Waals surface area contributed by atoms with Crippen molar-refractivity contribution in [1.82, 2.24) is 9.97 Å². The Morgan fingerprint density at radius 2 is 1.88 bits per heavy atom. The zero-order valence-corrected chi connectivity index (χ0v) is 12.6. The number of carboxylic acids is 1. The topological polar surface area (TPSA) is 89.1 Å². The summed E-state index contributed by atoms with van der Waals surface area (Å²) in [5, 5.41) is 8.96. The van der Waals surface area contributed by atoms with Gasteiger partial charge in [-0.25, -0.2) is 14.8 Å². The van der Waals surface area contributed by atoms with Gasteiger partial charge in [-0.3, -0.25) is 0 Å². The first kappa shape index (κ1) is 17.5. The molecule has 0 aliphatic carbocycles. The van der Waals surface area contributed by atoms with Gasteiger partial charge in [0, 0.05) is 24.5 Å². The highest BCUT2D eigenvalue weighted by molar-refractivity contribution is 6.13. The van der Waals surface area contributed by atoms with E-state index in [0.29, 0.717) is 11.1 Å². The lowest BCUT2D eigenvalue weighted by molar-refractivity contribution is -0.137. The van der Waals surface area contributed by atoms with Crippen molar-refractivity contribution in [2.75, 3.05) is 0 Å². The molecule has 24 heavy (non-hydrogen) atoms. The minimum atomic E-state index is -4.42. The molecule has 0 aliphatic heterocycles. The van der Waals surface area contributed by atoms with Gasteiger partial charge in [0.2, 0.25) is 0 Å². The first-order chi connectivity index (χ1) is 11.2. The van der Waals surface area contributed by atoms with Gasteiger partial charge in [-0.2, -0.15) is 13.2 Å². The maximum Gasteiger partial charge on any atom is 0.416 e. The molecule has 0 radical (unpaired) electrons. The number of benzene rings is 1. The number of alkyl halides is 3. The Morgan fingerprint density at radius 1 is 1.25 bits per heavy atom. The fourth-order valence-corrected chi connectivity index (χ4v) is 2.12. The van der Waals surface area contributed by atoms with Gasteiger partial charge in [0.25, 0.3) is 0 Å². The van der Waals surface area contributed by atoms with Crippen LogP contribution < -0.4 is 5.73 Å². The Morgan fingerprint density at radius 3 is 2.38 bits per heavy atom. The molecule has 2 rings (SSSR count). The third kappa shape index (κ3) is 3.70. The van der Waals surface area contributed by atoms with E-state index in [1.807, 2.05) is 0 Å². The molecule has 1 aromatic carbocycles. The minimum absolute atomic E-state index is 0.0648. The lowest BCUT2D eigenvalue weighted by atomic mass is 9.94. The highest BCUT2D eigenvalue weighted by Crippen LogP contribution is 2.32. The third-order valence-corrected chi connectivity index (χ3v) is 3.52. The highest BCUT2D eigenvalue weighted by atomic mass is 19.4. The summed E-state index contributed by atoms with van der Waals surface area (Å²) in [7, 11) is 0. The summed E-state index contributed by atoms with van der Waals surface area (Å²) in [6, 6.07) is 4.99. The molecule has 0 saturated carbocycles. The molecule has 1 heterocycles. The monoisotopic (exact) mass is 337 g/mol. The minimum Gasteiger partial charge on any atom is -0.477 e. The van der Waals surface area contributed by atoms with Crippen LogP contribution in [0.1, 0.15) is 35.4 Å². The quantitative estimate of drug-likeness (QED) is 0.837. The van der Waals surface area contributed by atoms with Crippen molar-refractivity contribution in [3.05, 3.63) is 65.4 Å². The van der Waals surface area contributed by atoms with Crippen LogP contribution in [0.5, 0.6) is 0 Å². The number of aliphatic carboxylic acids is 1. The van der Waals surface area contributed by atoms with E-state index in [2.05, 4.69) is 9.97 Å². The predicted octanol–water partition coefficient (Wildman–Crippen LogP) is 3.03. The van der Waals surface area contributed by atoms with Crippen LogP contribution in [0.15, 0.2) is 42.9 Å². The van der Waals surface area contributed by atoms with Crippen LogP contribution in [0.25, 0.3) is 5.57 Å². The van der Waals surface area contributed by atoms with Crippen LogP contribution in [0.3, 0.4) is 0 Å². The maximum atomic E-state index is 12.8. The summed E-state index contributed by atoms with van der Waals surface area (Å²) in [5.41, 5.74) is 5.24. The van der Waals surface area contributed by atoms with Gasteiger partial charge < -0.3 is 10.8 Å². The average Bonchev–Trinajstić information content (AvgIpc) is 2.54. The van der Waals surface area contributed by atoms with E-state index in [1.54, 1.807) is 13.0 Å². The van der Waals surface area contributed by atoms with Gasteiger partial charge in [-0.1, -0.05) is 25.1 Å². The Bertz CT molecular complexity index is 771. The number of hydrogen-bond acceptors (Lipinski definition) is 4. The molecule has 1 aromatic heterocycles. The van der Waals surface area contributed by atoms with Crippen molar-refractivity contribution >= 4 is 11.5 Å². The molecule has 5 nitrogen and oxygen atoms in total. The summed E-state index contributed by atoms with van der Waals surface area (Å²) in [6.45, 7) is 1.71. The second-order valence-corrected chi connectivity index (χ2v) is 5.07. The van der Waals surface area contributed by atoms with Crippen molar-refractivity contribution in [2.45, 2.75) is 19.0 Å². The zero-order valence-electron chi connectivity index (χ0n) is 12.6. The number of hydrogen-bond donors (Lipinski definition) is 2. The van der Waals surface area contributed by atoms with Gasteiger partial charge in [0.15, 0.2) is 5.82 Å². The van der Waals surface area contributed by atoms with E-state index in [4.69, 9.17) is 10.8 Å². The molecular weight excluding hydrogens is 323 g/mol. The molecule has 1 atom stereocenters. The maximum absolute atomic E-state index is 12.8. The molecular formula is C16H14F3N3O2. The van der Waals surface area contributed by atoms with Crippen molar-refractivity contribution in [3.63, 3.8) is 0 Å². The first-order valence-corrected chi connectivity index (χ1v) is 6.88. The van der Waals surface area contributed by atoms with Gasteiger partial charge in [0.05, 0.1) is 5.56 Å². The fraction of sp³-hybridized carbons (Fsp3) is 0.188. The van der Waals surface area contributed by atoms with Crippen LogP contribution in [-0.4, -0.2) is 21.0 Å². The largest absolute Gasteiger partial charge is 0.477 e. The van der Waals surface area contributed by atoms with E-state index in [-0.39, 0.29) is 11.4 Å². The molecule has 126 valence electrons. The molecule has 0 saturated heterocycles. The summed E-state index contributed by atoms with van der Waals surface area (Å²) >= 11 is 0. The molecule has 3 N–H and O–H groups in total. The number of carbonyl (C=O) groups is 1. The summed E-state index contributed by atoms with van der Waals surface area (Å²) in [4.78, 5) is 18.8. The Labute approximate surface area is 135 Å². The lowest BCUT2D eigenvalue weighted by Gasteiger charge is -2.14. The molecule has 8 heteroatoms. The lowest BCUT2D eigenvalue weighted by Crippen LogP contribution is -2.08. The zero-order chi connectivity index (χ0) is 17.9. The molecule has 0 bridgehead atoms. The van der Waals surface area contributed by atoms with Crippen molar-refractivity contribution in [3.8, 4) is 0 Å². The summed E-state index contributed by atoms with van der Waals surface area (Å²) < 4.78 is 38.4. The van der Waals surface area contributed by atoms with E-state index >= 15 is 0 Å².